The van der Waals surface area contributed by atoms with Gasteiger partial charge in [-0.2, -0.15) is 0 Å². The standard InChI is InChI=1S/C20H20N2O2/c23-20-17(22-11-4-5-12-22)13-16-9-6-10-18(19(16)21-20)24-14-15-7-2-1-3-8-15/h1-3,6-10,13H,4-5,11-12,14H2,(H,21,23). The predicted molar refractivity (Wildman–Crippen MR) is 96.8 cm³/mol. The number of hydrogen-bond acceptors (Lipinski definition) is 3. The summed E-state index contributed by atoms with van der Waals surface area (Å²) in [5.41, 5.74) is 2.59. The molecule has 0 atom stereocenters. The van der Waals surface area contributed by atoms with Crippen LogP contribution in [0.2, 0.25) is 0 Å². The summed E-state index contributed by atoms with van der Waals surface area (Å²) in [4.78, 5) is 17.7. The number of para-hydroxylation sites is 1. The number of fused-ring (bicyclic) bond motifs is 1. The van der Waals surface area contributed by atoms with E-state index in [4.69, 9.17) is 4.74 Å². The minimum Gasteiger partial charge on any atom is -0.487 e. The summed E-state index contributed by atoms with van der Waals surface area (Å²) >= 11 is 0. The number of rotatable bonds is 4. The lowest BCUT2D eigenvalue weighted by Gasteiger charge is -2.17. The highest BCUT2D eigenvalue weighted by Gasteiger charge is 2.16. The lowest BCUT2D eigenvalue weighted by Crippen LogP contribution is -2.25. The summed E-state index contributed by atoms with van der Waals surface area (Å²) in [5, 5.41) is 1.00. The Bertz CT molecular complexity index is 896. The number of H-pyrrole nitrogens is 1. The average Bonchev–Trinajstić information content (AvgIpc) is 3.15. The van der Waals surface area contributed by atoms with Gasteiger partial charge in [-0.25, -0.2) is 0 Å². The molecule has 1 saturated heterocycles. The topological polar surface area (TPSA) is 45.3 Å². The van der Waals surface area contributed by atoms with Gasteiger partial charge in [-0.05, 0) is 30.5 Å². The number of aromatic amines is 1. The lowest BCUT2D eigenvalue weighted by atomic mass is 10.2. The molecule has 1 aromatic heterocycles. The van der Waals surface area contributed by atoms with Crippen molar-refractivity contribution in [3.8, 4) is 5.75 Å². The third-order valence-corrected chi connectivity index (χ3v) is 4.51. The van der Waals surface area contributed by atoms with Gasteiger partial charge in [0.25, 0.3) is 5.56 Å². The van der Waals surface area contributed by atoms with Crippen LogP contribution in [0.25, 0.3) is 10.9 Å². The molecule has 4 heteroatoms. The molecule has 2 heterocycles. The highest BCUT2D eigenvalue weighted by molar-refractivity contribution is 5.86. The molecule has 1 aliphatic heterocycles. The molecule has 0 unspecified atom stereocenters. The smallest absolute Gasteiger partial charge is 0.272 e. The molecule has 1 aliphatic rings. The molecule has 2 aromatic carbocycles. The van der Waals surface area contributed by atoms with E-state index in [0.29, 0.717) is 12.4 Å². The third kappa shape index (κ3) is 2.87. The fraction of sp³-hybridized carbons (Fsp3) is 0.250. The van der Waals surface area contributed by atoms with Gasteiger partial charge in [0.1, 0.15) is 18.0 Å². The second-order valence-corrected chi connectivity index (χ2v) is 6.17. The summed E-state index contributed by atoms with van der Waals surface area (Å²) in [6.45, 7) is 2.40. The van der Waals surface area contributed by atoms with Crippen LogP contribution in [0.5, 0.6) is 5.75 Å². The molecule has 3 aromatic rings. The SMILES string of the molecule is O=c1[nH]c2c(OCc3ccccc3)cccc2cc1N1CCCC1. The molecule has 0 radical (unpaired) electrons. The highest BCUT2D eigenvalue weighted by atomic mass is 16.5. The van der Waals surface area contributed by atoms with E-state index in [0.717, 1.165) is 48.1 Å². The van der Waals surface area contributed by atoms with Crippen molar-refractivity contribution in [3.05, 3.63) is 70.5 Å². The molecule has 4 nitrogen and oxygen atoms in total. The Labute approximate surface area is 140 Å². The number of pyridine rings is 1. The van der Waals surface area contributed by atoms with Crippen LogP contribution >= 0.6 is 0 Å². The molecule has 1 fully saturated rings. The van der Waals surface area contributed by atoms with Gasteiger partial charge in [-0.3, -0.25) is 4.79 Å². The Morgan fingerprint density at radius 2 is 1.79 bits per heavy atom. The van der Waals surface area contributed by atoms with Crippen molar-refractivity contribution in [3.63, 3.8) is 0 Å². The Kier molecular flexibility index (Phi) is 3.95. The summed E-state index contributed by atoms with van der Waals surface area (Å²) in [6.07, 6.45) is 2.30. The average molecular weight is 320 g/mol. The van der Waals surface area contributed by atoms with Crippen molar-refractivity contribution in [1.29, 1.82) is 0 Å². The number of aromatic nitrogens is 1. The van der Waals surface area contributed by atoms with E-state index in [2.05, 4.69) is 9.88 Å². The van der Waals surface area contributed by atoms with Crippen molar-refractivity contribution in [2.24, 2.45) is 0 Å². The normalized spacial score (nSPS) is 14.2. The van der Waals surface area contributed by atoms with Crippen molar-refractivity contribution >= 4 is 16.6 Å². The van der Waals surface area contributed by atoms with Crippen LogP contribution in [0, 0.1) is 0 Å². The maximum Gasteiger partial charge on any atom is 0.272 e. The first kappa shape index (κ1) is 14.8. The van der Waals surface area contributed by atoms with Crippen LogP contribution in [-0.2, 0) is 6.61 Å². The Morgan fingerprint density at radius 3 is 2.58 bits per heavy atom. The van der Waals surface area contributed by atoms with Gasteiger partial charge >= 0.3 is 0 Å². The largest absolute Gasteiger partial charge is 0.487 e. The zero-order chi connectivity index (χ0) is 16.4. The Morgan fingerprint density at radius 1 is 1.00 bits per heavy atom. The first-order valence-electron chi connectivity index (χ1n) is 8.39. The van der Waals surface area contributed by atoms with Crippen LogP contribution in [-0.4, -0.2) is 18.1 Å². The van der Waals surface area contributed by atoms with Crippen molar-refractivity contribution < 1.29 is 4.74 Å². The molecule has 122 valence electrons. The molecule has 1 N–H and O–H groups in total. The second-order valence-electron chi connectivity index (χ2n) is 6.17. The minimum absolute atomic E-state index is 0.0415. The van der Waals surface area contributed by atoms with Gasteiger partial charge in [-0.1, -0.05) is 42.5 Å². The molecule has 0 saturated carbocycles. The molecule has 0 bridgehead atoms. The summed E-state index contributed by atoms with van der Waals surface area (Å²) in [5.74, 6) is 0.710. The van der Waals surface area contributed by atoms with Crippen LogP contribution < -0.4 is 15.2 Å². The van der Waals surface area contributed by atoms with E-state index in [-0.39, 0.29) is 5.56 Å². The minimum atomic E-state index is -0.0415. The first-order valence-corrected chi connectivity index (χ1v) is 8.39. The molecule has 0 aliphatic carbocycles. The summed E-state index contributed by atoms with van der Waals surface area (Å²) in [6, 6.07) is 17.9. The van der Waals surface area contributed by atoms with E-state index < -0.39 is 0 Å². The maximum atomic E-state index is 12.5. The van der Waals surface area contributed by atoms with Gasteiger partial charge < -0.3 is 14.6 Å². The zero-order valence-corrected chi connectivity index (χ0v) is 13.5. The van der Waals surface area contributed by atoms with Crippen LogP contribution in [0.1, 0.15) is 18.4 Å². The van der Waals surface area contributed by atoms with Gasteiger partial charge in [-0.15, -0.1) is 0 Å². The molecule has 4 rings (SSSR count). The number of nitrogens with zero attached hydrogens (tertiary/aromatic N) is 1. The zero-order valence-electron chi connectivity index (χ0n) is 13.5. The lowest BCUT2D eigenvalue weighted by molar-refractivity contribution is 0.309. The summed E-state index contributed by atoms with van der Waals surface area (Å²) in [7, 11) is 0. The molecule has 0 amide bonds. The van der Waals surface area contributed by atoms with Gasteiger partial charge in [0.15, 0.2) is 0 Å². The van der Waals surface area contributed by atoms with Crippen LogP contribution in [0.3, 0.4) is 0 Å². The van der Waals surface area contributed by atoms with E-state index >= 15 is 0 Å². The number of benzene rings is 2. The number of hydrogen-bond donors (Lipinski definition) is 1. The predicted octanol–water partition coefficient (Wildman–Crippen LogP) is 3.71. The molecular weight excluding hydrogens is 300 g/mol. The molecular formula is C20H20N2O2. The van der Waals surface area contributed by atoms with Crippen LogP contribution in [0.4, 0.5) is 5.69 Å². The quantitative estimate of drug-likeness (QED) is 0.797. The van der Waals surface area contributed by atoms with Gasteiger partial charge in [0, 0.05) is 18.5 Å². The van der Waals surface area contributed by atoms with E-state index in [1.165, 1.54) is 0 Å². The number of nitrogens with one attached hydrogen (secondary N) is 1. The number of anilines is 1. The maximum absolute atomic E-state index is 12.5. The summed E-state index contributed by atoms with van der Waals surface area (Å²) < 4.78 is 5.94. The van der Waals surface area contributed by atoms with E-state index in [9.17, 15) is 4.79 Å². The first-order chi connectivity index (χ1) is 11.8. The monoisotopic (exact) mass is 320 g/mol. The molecule has 0 spiro atoms. The number of ether oxygens (including phenoxy) is 1. The van der Waals surface area contributed by atoms with E-state index in [1.807, 2.05) is 54.6 Å². The fourth-order valence-electron chi connectivity index (χ4n) is 3.24. The van der Waals surface area contributed by atoms with Gasteiger partial charge in [0.05, 0.1) is 5.52 Å². The third-order valence-electron chi connectivity index (χ3n) is 4.51. The van der Waals surface area contributed by atoms with E-state index in [1.54, 1.807) is 0 Å². The van der Waals surface area contributed by atoms with Crippen molar-refractivity contribution in [2.75, 3.05) is 18.0 Å². The van der Waals surface area contributed by atoms with Crippen LogP contribution in [0.15, 0.2) is 59.4 Å². The van der Waals surface area contributed by atoms with Gasteiger partial charge in [0.2, 0.25) is 0 Å². The van der Waals surface area contributed by atoms with Crippen molar-refractivity contribution in [2.45, 2.75) is 19.4 Å². The molecule has 24 heavy (non-hydrogen) atoms. The Balaban J connectivity index is 1.67. The fourth-order valence-corrected chi connectivity index (χ4v) is 3.24. The highest BCUT2D eigenvalue weighted by Crippen LogP contribution is 2.26. The second kappa shape index (κ2) is 6.40. The van der Waals surface area contributed by atoms with Crippen molar-refractivity contribution in [1.82, 2.24) is 4.98 Å². The Hall–Kier alpha value is -2.75.